The summed E-state index contributed by atoms with van der Waals surface area (Å²) in [5.41, 5.74) is 16.4. The van der Waals surface area contributed by atoms with Crippen LogP contribution < -0.4 is 86.3 Å². The van der Waals surface area contributed by atoms with Crippen LogP contribution in [-0.2, 0) is 97.3 Å². The minimum Gasteiger partial charge on any atom is -0.481 e. The van der Waals surface area contributed by atoms with Crippen LogP contribution in [0.25, 0.3) is 0 Å². The van der Waals surface area contributed by atoms with Crippen molar-refractivity contribution in [2.75, 3.05) is 92.8 Å². The van der Waals surface area contributed by atoms with Gasteiger partial charge in [-0.15, -0.1) is 0 Å². The van der Waals surface area contributed by atoms with Gasteiger partial charge in [-0.05, 0) is 63.9 Å². The summed E-state index contributed by atoms with van der Waals surface area (Å²) in [4.78, 5) is 202. The molecule has 1 rings (SSSR count). The fourth-order valence-corrected chi connectivity index (χ4v) is 9.30. The van der Waals surface area contributed by atoms with Crippen LogP contribution in [0.2, 0.25) is 0 Å². The summed E-state index contributed by atoms with van der Waals surface area (Å²) in [7, 11) is 1.53. The first-order chi connectivity index (χ1) is 50.0. The van der Waals surface area contributed by atoms with Crippen LogP contribution in [-0.4, -0.2) is 297 Å². The minimum atomic E-state index is -2.00. The first kappa shape index (κ1) is 94.2. The van der Waals surface area contributed by atoms with E-state index in [1.807, 2.05) is 0 Å². The van der Waals surface area contributed by atoms with Gasteiger partial charge in [0.25, 0.3) is 0 Å². The number of carbonyl (C=O) groups excluding carboxylic acids is 14. The minimum absolute atomic E-state index is 0.00103. The van der Waals surface area contributed by atoms with Crippen LogP contribution in [0.15, 0.2) is 35.3 Å². The van der Waals surface area contributed by atoms with Gasteiger partial charge in [-0.2, -0.15) is 0 Å². The lowest BCUT2D eigenvalue weighted by molar-refractivity contribution is -0.139. The summed E-state index contributed by atoms with van der Waals surface area (Å²) in [5, 5.41) is 91.4. The van der Waals surface area contributed by atoms with Crippen molar-refractivity contribution in [1.82, 2.24) is 69.1 Å². The Morgan fingerprint density at radius 3 is 1.38 bits per heavy atom. The molecular formula is C64H107N17O25. The number of carboxylic acid groups (broad SMARTS) is 1. The summed E-state index contributed by atoms with van der Waals surface area (Å²) in [6.07, 6.45) is -5.27. The molecule has 0 bridgehead atoms. The molecule has 1 aromatic rings. The van der Waals surface area contributed by atoms with Crippen molar-refractivity contribution >= 4 is 94.6 Å². The van der Waals surface area contributed by atoms with E-state index in [1.165, 1.54) is 7.11 Å². The van der Waals surface area contributed by atoms with Gasteiger partial charge in [0.1, 0.15) is 73.1 Å². The Labute approximate surface area is 611 Å². The lowest BCUT2D eigenvalue weighted by atomic mass is 10.0. The highest BCUT2D eigenvalue weighted by Gasteiger charge is 2.38. The number of rotatable bonds is 54. The third-order valence-electron chi connectivity index (χ3n) is 15.0. The molecule has 106 heavy (non-hydrogen) atoms. The van der Waals surface area contributed by atoms with Crippen molar-refractivity contribution in [1.29, 1.82) is 0 Å². The van der Waals surface area contributed by atoms with E-state index in [9.17, 15) is 103 Å². The Morgan fingerprint density at radius 2 is 0.887 bits per heavy atom. The van der Waals surface area contributed by atoms with Crippen LogP contribution in [0.4, 0.5) is 0 Å². The number of aliphatic imine (C=N–C) groups is 1. The zero-order chi connectivity index (χ0) is 80.2. The number of benzene rings is 1. The second-order valence-electron chi connectivity index (χ2n) is 24.9. The summed E-state index contributed by atoms with van der Waals surface area (Å²) >= 11 is 0. The quantitative estimate of drug-likeness (QED) is 0.0164. The predicted octanol–water partition coefficient (Wildman–Crippen LogP) is -10.6. The number of nitrogens with zero attached hydrogens (tertiary/aromatic N) is 1. The van der Waals surface area contributed by atoms with Crippen LogP contribution in [0.3, 0.4) is 0 Å². The third kappa shape index (κ3) is 38.3. The molecule has 0 aliphatic carbocycles. The van der Waals surface area contributed by atoms with Crippen LogP contribution in [0.1, 0.15) is 86.1 Å². The predicted molar refractivity (Wildman–Crippen MR) is 372 cm³/mol. The van der Waals surface area contributed by atoms with Crippen LogP contribution >= 0.6 is 0 Å². The van der Waals surface area contributed by atoms with Crippen molar-refractivity contribution < 1.29 is 122 Å². The van der Waals surface area contributed by atoms with E-state index in [0.29, 0.717) is 25.4 Å². The van der Waals surface area contributed by atoms with Crippen molar-refractivity contribution in [2.24, 2.45) is 34.0 Å². The number of guanidine groups is 1. The van der Waals surface area contributed by atoms with Gasteiger partial charge in [-0.1, -0.05) is 58.0 Å². The molecule has 13 atom stereocenters. The Balaban J connectivity index is 3.27. The van der Waals surface area contributed by atoms with Crippen molar-refractivity contribution in [3.05, 3.63) is 35.9 Å². The normalized spacial score (nSPS) is 14.8. The molecule has 42 nitrogen and oxygen atoms in total. The van der Waals surface area contributed by atoms with E-state index >= 15 is 0 Å². The van der Waals surface area contributed by atoms with Crippen LogP contribution in [0, 0.1) is 11.8 Å². The molecule has 0 spiro atoms. The molecule has 0 unspecified atom stereocenters. The average Bonchev–Trinajstić information content (AvgIpc) is 0.847. The fourth-order valence-electron chi connectivity index (χ4n) is 9.30. The number of hydrogen-bond acceptors (Lipinski definition) is 25. The molecule has 0 aliphatic heterocycles. The maximum absolute atomic E-state index is 14.3. The van der Waals surface area contributed by atoms with E-state index in [0.717, 1.165) is 20.8 Å². The summed E-state index contributed by atoms with van der Waals surface area (Å²) in [5.74, 6) is -17.6. The van der Waals surface area contributed by atoms with Crippen molar-refractivity contribution in [3.63, 3.8) is 0 Å². The lowest BCUT2D eigenvalue weighted by Crippen LogP contribution is -2.62. The second-order valence-corrected chi connectivity index (χ2v) is 24.9. The third-order valence-corrected chi connectivity index (χ3v) is 15.0. The average molecular weight is 1510 g/mol. The summed E-state index contributed by atoms with van der Waals surface area (Å²) in [6.45, 7) is 5.91. The SMILES string of the molecule is COCCOCCOCCOCC(=O)N[C@@H](CCCN=C(N)N)C(=O)N[C@@H](CO)C(=O)N[C@@H](Cc1ccccc1)C(=O)N[C@H](C(=O)N[C@@H](CC(C)C)C(=O)N[C@@H](C)C(=O)N[C@@H](CO)C(=O)N[C@@H](CO)C(=O)N[C@@H](CCC(=O)O)C(=O)N[C@H](C(=O)NCC(=O)N[C@H](C(=O)NCC(N)=O)C(C)C)[C@@H](C)O)[C@@H](C)O. The number of aliphatic carboxylic acids is 1. The fraction of sp³-hybridized carbons (Fsp3) is 0.656. The van der Waals surface area contributed by atoms with Gasteiger partial charge in [0.2, 0.25) is 82.7 Å². The Bertz CT molecular complexity index is 3050. The maximum Gasteiger partial charge on any atom is 0.303 e. The van der Waals surface area contributed by atoms with Gasteiger partial charge >= 0.3 is 5.97 Å². The summed E-state index contributed by atoms with van der Waals surface area (Å²) in [6, 6.07) is -10.5. The molecule has 14 amide bonds. The molecule has 0 radical (unpaired) electrons. The lowest BCUT2D eigenvalue weighted by Gasteiger charge is -2.28. The van der Waals surface area contributed by atoms with E-state index in [2.05, 4.69) is 74.1 Å². The number of amides is 14. The molecule has 42 heteroatoms. The number of nitrogens with two attached hydrogens (primary N) is 3. The number of carboxylic acids is 1. The van der Waals surface area contributed by atoms with Gasteiger partial charge in [0.15, 0.2) is 5.96 Å². The maximum atomic E-state index is 14.3. The molecule has 0 saturated carbocycles. The van der Waals surface area contributed by atoms with E-state index in [4.69, 9.17) is 36.1 Å². The largest absolute Gasteiger partial charge is 0.481 e. The molecule has 1 aromatic carbocycles. The van der Waals surface area contributed by atoms with Crippen molar-refractivity contribution in [2.45, 2.75) is 166 Å². The zero-order valence-corrected chi connectivity index (χ0v) is 60.6. The van der Waals surface area contributed by atoms with Gasteiger partial charge in [0, 0.05) is 26.5 Å². The van der Waals surface area contributed by atoms with E-state index in [1.54, 1.807) is 58.0 Å². The number of methoxy groups -OCH3 is 1. The van der Waals surface area contributed by atoms with Gasteiger partial charge in [-0.3, -0.25) is 76.9 Å². The van der Waals surface area contributed by atoms with E-state index < -0.39 is 226 Å². The standard InChI is InChI=1S/C64H107N17O25/c1-33(2)25-41(56(95)71-35(5)53(92)76-43(29-82)60(99)78-44(30-83)58(97)73-40(16-17-49(90)91)55(94)80-51(36(6)85)62(101)70-28-47(88)79-50(34(3)4)61(100)69-27-46(65)87)75-63(102)52(37(7)86)81-57(96)42(26-38-13-10-9-11-14-38)74-59(98)45(31-84)77-54(93)39(15-12-18-68-64(66)67)72-48(89)32-106-24-23-105-22-21-104-20-19-103-8/h9-11,13-14,33-37,39-45,50-52,82-86H,12,15-32H2,1-8H3,(H2,65,87)(H,69,100)(H,70,101)(H,71,95)(H,72,89)(H,73,97)(H,74,98)(H,75,102)(H,76,92)(H,77,93)(H,78,99)(H,79,88)(H,80,94)(H,81,96)(H,90,91)(H4,66,67,68)/t35-,36+,37+,39-,40-,41-,42-,43-,44-,45-,50-,51-,52-/m0/s1. The number of primary amides is 1. The first-order valence-corrected chi connectivity index (χ1v) is 33.9. The first-order valence-electron chi connectivity index (χ1n) is 33.9. The molecule has 25 N–H and O–H groups in total. The highest BCUT2D eigenvalue weighted by Crippen LogP contribution is 2.11. The number of aliphatic hydroxyl groups is 5. The number of nitrogens with one attached hydrogen (secondary N) is 13. The second kappa shape index (κ2) is 51.4. The highest BCUT2D eigenvalue weighted by atomic mass is 16.6. The highest BCUT2D eigenvalue weighted by molar-refractivity contribution is 6.00. The number of carbonyl (C=O) groups is 15. The van der Waals surface area contributed by atoms with Gasteiger partial charge in [0.05, 0.1) is 84.8 Å². The molecule has 0 aliphatic rings. The molecular weight excluding hydrogens is 1410 g/mol. The number of ether oxygens (including phenoxy) is 4. The topological polar surface area (TPSA) is 661 Å². The Kier molecular flexibility index (Phi) is 45.7. The van der Waals surface area contributed by atoms with Crippen LogP contribution in [0.5, 0.6) is 0 Å². The van der Waals surface area contributed by atoms with Crippen molar-refractivity contribution in [3.8, 4) is 0 Å². The molecule has 0 heterocycles. The van der Waals surface area contributed by atoms with E-state index in [-0.39, 0.29) is 63.9 Å². The molecule has 0 fully saturated rings. The summed E-state index contributed by atoms with van der Waals surface area (Å²) < 4.78 is 21.0. The van der Waals surface area contributed by atoms with Gasteiger partial charge in [-0.25, -0.2) is 0 Å². The number of hydrogen-bond donors (Lipinski definition) is 22. The smallest absolute Gasteiger partial charge is 0.303 e. The monoisotopic (exact) mass is 1510 g/mol. The number of aliphatic hydroxyl groups excluding tert-OH is 5. The zero-order valence-electron chi connectivity index (χ0n) is 60.6. The van der Waals surface area contributed by atoms with Gasteiger partial charge < -0.3 is 136 Å². The molecule has 0 aromatic heterocycles. The Morgan fingerprint density at radius 1 is 0.453 bits per heavy atom. The Hall–Kier alpha value is -9.82. The molecule has 0 saturated heterocycles. The molecule has 598 valence electrons.